The average molecular weight is 468 g/mol. The largest absolute Gasteiger partial charge is 0.326 e. The number of carbonyl (C=O) groups is 2. The summed E-state index contributed by atoms with van der Waals surface area (Å²) in [5.41, 5.74) is 3.43. The van der Waals surface area contributed by atoms with E-state index in [2.05, 4.69) is 27.4 Å². The lowest BCUT2D eigenvalue weighted by Gasteiger charge is -2.13. The van der Waals surface area contributed by atoms with E-state index in [1.807, 2.05) is 32.0 Å². The predicted molar refractivity (Wildman–Crippen MR) is 129 cm³/mol. The third-order valence-electron chi connectivity index (χ3n) is 4.89. The zero-order chi connectivity index (χ0) is 23.8. The maximum atomic E-state index is 13.0. The third kappa shape index (κ3) is 6.52. The van der Waals surface area contributed by atoms with Crippen LogP contribution in [-0.4, -0.2) is 32.3 Å². The fourth-order valence-corrected chi connectivity index (χ4v) is 4.03. The van der Waals surface area contributed by atoms with Gasteiger partial charge in [-0.25, -0.2) is 4.39 Å². The van der Waals surface area contributed by atoms with Crippen molar-refractivity contribution in [2.24, 2.45) is 0 Å². The molecule has 0 radical (unpaired) electrons. The molecule has 33 heavy (non-hydrogen) atoms. The van der Waals surface area contributed by atoms with Crippen LogP contribution in [0, 0.1) is 12.7 Å². The van der Waals surface area contributed by atoms with Gasteiger partial charge in [0, 0.05) is 17.9 Å². The van der Waals surface area contributed by atoms with Gasteiger partial charge in [0.1, 0.15) is 11.6 Å². The maximum Gasteiger partial charge on any atom is 0.234 e. The van der Waals surface area contributed by atoms with E-state index in [9.17, 15) is 14.0 Å². The Morgan fingerprint density at radius 2 is 1.88 bits per heavy atom. The van der Waals surface area contributed by atoms with Gasteiger partial charge in [0.25, 0.3) is 0 Å². The van der Waals surface area contributed by atoms with Crippen molar-refractivity contribution in [2.45, 2.75) is 38.4 Å². The molecule has 0 aliphatic heterocycles. The summed E-state index contributed by atoms with van der Waals surface area (Å²) in [6.07, 6.45) is 2.48. The number of aromatic nitrogens is 3. The topological polar surface area (TPSA) is 88.9 Å². The number of allylic oxidation sites excluding steroid dienone is 1. The summed E-state index contributed by atoms with van der Waals surface area (Å²) < 4.78 is 14.8. The van der Waals surface area contributed by atoms with Crippen molar-refractivity contribution < 1.29 is 14.0 Å². The Kier molecular flexibility index (Phi) is 8.37. The molecule has 7 nitrogen and oxygen atoms in total. The lowest BCUT2D eigenvalue weighted by atomic mass is 10.1. The molecule has 9 heteroatoms. The molecule has 3 rings (SSSR count). The summed E-state index contributed by atoms with van der Waals surface area (Å²) in [4.78, 5) is 25.0. The molecule has 2 aromatic carbocycles. The van der Waals surface area contributed by atoms with Gasteiger partial charge in [0.05, 0.1) is 12.2 Å². The fraction of sp³-hybridized carbons (Fsp3) is 0.250. The summed E-state index contributed by atoms with van der Waals surface area (Å²) >= 11 is 1.24. The molecule has 0 bridgehead atoms. The number of aryl methyl sites for hydroxylation is 2. The van der Waals surface area contributed by atoms with Crippen LogP contribution >= 0.6 is 11.8 Å². The number of benzene rings is 2. The second-order valence-electron chi connectivity index (χ2n) is 7.33. The molecular formula is C24H26FN5O2S. The van der Waals surface area contributed by atoms with Crippen molar-refractivity contribution in [1.82, 2.24) is 14.8 Å². The molecule has 0 atom stereocenters. The molecule has 0 aliphatic carbocycles. The first-order chi connectivity index (χ1) is 15.9. The Balaban J connectivity index is 1.64. The zero-order valence-electron chi connectivity index (χ0n) is 18.6. The summed E-state index contributed by atoms with van der Waals surface area (Å²) in [6, 6.07) is 11.5. The van der Waals surface area contributed by atoms with E-state index < -0.39 is 0 Å². The number of amides is 2. The first-order valence-corrected chi connectivity index (χ1v) is 11.5. The van der Waals surface area contributed by atoms with Gasteiger partial charge in [-0.1, -0.05) is 43.0 Å². The molecule has 2 N–H and O–H groups in total. The Hall–Kier alpha value is -3.46. The number of para-hydroxylation sites is 1. The van der Waals surface area contributed by atoms with E-state index in [0.29, 0.717) is 23.2 Å². The molecule has 0 unspecified atom stereocenters. The third-order valence-corrected chi connectivity index (χ3v) is 5.86. The lowest BCUT2D eigenvalue weighted by molar-refractivity contribution is -0.116. The molecule has 172 valence electrons. The van der Waals surface area contributed by atoms with Crippen molar-refractivity contribution in [3.8, 4) is 0 Å². The standard InChI is InChI=1S/C24H26FN5O2S/c1-4-13-30-20(14-21(31)26-19-11-9-18(25)10-12-19)28-29-24(30)33-15-22(32)27-23-16(3)7-6-8-17(23)5-2/h4,6-12H,1,5,13-15H2,2-3H3,(H,26,31)(H,27,32). The Bertz CT molecular complexity index is 1140. The van der Waals surface area contributed by atoms with Gasteiger partial charge in [-0.15, -0.1) is 16.8 Å². The fourth-order valence-electron chi connectivity index (χ4n) is 3.26. The maximum absolute atomic E-state index is 13.0. The van der Waals surface area contributed by atoms with E-state index in [1.165, 1.54) is 36.0 Å². The summed E-state index contributed by atoms with van der Waals surface area (Å²) in [7, 11) is 0. The van der Waals surface area contributed by atoms with E-state index >= 15 is 0 Å². The van der Waals surface area contributed by atoms with Crippen molar-refractivity contribution in [3.63, 3.8) is 0 Å². The van der Waals surface area contributed by atoms with E-state index in [0.717, 1.165) is 23.2 Å². The van der Waals surface area contributed by atoms with Crippen molar-refractivity contribution in [3.05, 3.63) is 77.9 Å². The van der Waals surface area contributed by atoms with Crippen LogP contribution < -0.4 is 10.6 Å². The van der Waals surface area contributed by atoms with Gasteiger partial charge in [-0.05, 0) is 48.7 Å². The molecule has 0 spiro atoms. The molecule has 1 heterocycles. The lowest BCUT2D eigenvalue weighted by Crippen LogP contribution is -2.18. The Labute approximate surface area is 196 Å². The Morgan fingerprint density at radius 1 is 1.12 bits per heavy atom. The van der Waals surface area contributed by atoms with Crippen LogP contribution in [0.5, 0.6) is 0 Å². The van der Waals surface area contributed by atoms with E-state index in [4.69, 9.17) is 0 Å². The second-order valence-corrected chi connectivity index (χ2v) is 8.27. The monoisotopic (exact) mass is 467 g/mol. The highest BCUT2D eigenvalue weighted by Gasteiger charge is 2.17. The van der Waals surface area contributed by atoms with Crippen LogP contribution in [0.15, 0.2) is 60.3 Å². The van der Waals surface area contributed by atoms with Crippen LogP contribution in [0.3, 0.4) is 0 Å². The molecule has 0 saturated heterocycles. The minimum absolute atomic E-state index is 0.0198. The van der Waals surface area contributed by atoms with Crippen molar-refractivity contribution >= 4 is 35.0 Å². The molecule has 0 fully saturated rings. The molecule has 1 aromatic heterocycles. The second kappa shape index (κ2) is 11.4. The predicted octanol–water partition coefficient (Wildman–Crippen LogP) is 4.39. The highest BCUT2D eigenvalue weighted by molar-refractivity contribution is 7.99. The molecule has 2 amide bonds. The number of halogens is 1. The van der Waals surface area contributed by atoms with Crippen molar-refractivity contribution in [1.29, 1.82) is 0 Å². The number of anilines is 2. The number of carbonyl (C=O) groups excluding carboxylic acids is 2. The van der Waals surface area contributed by atoms with E-state index in [-0.39, 0.29) is 29.8 Å². The van der Waals surface area contributed by atoms with Gasteiger partial charge in [-0.3, -0.25) is 9.59 Å². The molecule has 0 aliphatic rings. The number of nitrogens with zero attached hydrogens (tertiary/aromatic N) is 3. The van der Waals surface area contributed by atoms with Crippen LogP contribution in [0.25, 0.3) is 0 Å². The number of rotatable bonds is 10. The minimum Gasteiger partial charge on any atom is -0.326 e. The molecular weight excluding hydrogens is 441 g/mol. The summed E-state index contributed by atoms with van der Waals surface area (Å²) in [5, 5.41) is 14.5. The number of hydrogen-bond acceptors (Lipinski definition) is 5. The normalized spacial score (nSPS) is 10.6. The van der Waals surface area contributed by atoms with Gasteiger partial charge in [0.2, 0.25) is 11.8 Å². The number of nitrogens with one attached hydrogen (secondary N) is 2. The van der Waals surface area contributed by atoms with Crippen LogP contribution in [0.4, 0.5) is 15.8 Å². The van der Waals surface area contributed by atoms with Crippen molar-refractivity contribution in [2.75, 3.05) is 16.4 Å². The van der Waals surface area contributed by atoms with Crippen LogP contribution in [0.2, 0.25) is 0 Å². The van der Waals surface area contributed by atoms with Gasteiger partial charge in [-0.2, -0.15) is 0 Å². The SMILES string of the molecule is C=CCn1c(CC(=O)Nc2ccc(F)cc2)nnc1SCC(=O)Nc1c(C)cccc1CC. The minimum atomic E-state index is -0.377. The van der Waals surface area contributed by atoms with Gasteiger partial charge < -0.3 is 15.2 Å². The smallest absolute Gasteiger partial charge is 0.234 e. The molecule has 0 saturated carbocycles. The zero-order valence-corrected chi connectivity index (χ0v) is 19.4. The van der Waals surface area contributed by atoms with E-state index in [1.54, 1.807) is 10.6 Å². The van der Waals surface area contributed by atoms with Gasteiger partial charge >= 0.3 is 0 Å². The van der Waals surface area contributed by atoms with Crippen LogP contribution in [0.1, 0.15) is 23.9 Å². The number of thioether (sulfide) groups is 1. The Morgan fingerprint density at radius 3 is 2.58 bits per heavy atom. The molecule has 3 aromatic rings. The first-order valence-electron chi connectivity index (χ1n) is 10.5. The van der Waals surface area contributed by atoms with Crippen LogP contribution in [-0.2, 0) is 29.0 Å². The quantitative estimate of drug-likeness (QED) is 0.341. The average Bonchev–Trinajstić information content (AvgIpc) is 3.16. The van der Waals surface area contributed by atoms with Gasteiger partial charge in [0.15, 0.2) is 5.16 Å². The highest BCUT2D eigenvalue weighted by Crippen LogP contribution is 2.23. The first kappa shape index (κ1) is 24.2. The summed E-state index contributed by atoms with van der Waals surface area (Å²) in [5.74, 6) is -0.232. The number of hydrogen-bond donors (Lipinski definition) is 2. The highest BCUT2D eigenvalue weighted by atomic mass is 32.2. The summed E-state index contributed by atoms with van der Waals surface area (Å²) in [6.45, 7) is 8.16.